The molecule has 0 heterocycles. The molecule has 0 unspecified atom stereocenters. The number of ether oxygens (including phenoxy) is 2. The van der Waals surface area contributed by atoms with Crippen LogP contribution in [0, 0.1) is 6.92 Å². The third-order valence-electron chi connectivity index (χ3n) is 3.68. The number of rotatable bonds is 10. The summed E-state index contributed by atoms with van der Waals surface area (Å²) in [5.74, 6) is 0.821. The van der Waals surface area contributed by atoms with Gasteiger partial charge in [-0.05, 0) is 61.9 Å². The van der Waals surface area contributed by atoms with Gasteiger partial charge in [0.25, 0.3) is 15.9 Å². The highest BCUT2D eigenvalue weighted by molar-refractivity contribution is 7.92. The van der Waals surface area contributed by atoms with Gasteiger partial charge in [0, 0.05) is 12.2 Å². The van der Waals surface area contributed by atoms with E-state index in [1.807, 2.05) is 6.92 Å². The molecule has 28 heavy (non-hydrogen) atoms. The second-order valence-corrected chi connectivity index (χ2v) is 7.55. The second-order valence-electron chi connectivity index (χ2n) is 5.87. The number of amides is 1. The molecule has 0 aromatic heterocycles. The fraction of sp³-hybridized carbons (Fsp3) is 0.250. The van der Waals surface area contributed by atoms with Gasteiger partial charge < -0.3 is 14.8 Å². The number of nitrogens with one attached hydrogen (secondary N) is 2. The zero-order valence-corrected chi connectivity index (χ0v) is 16.7. The third-order valence-corrected chi connectivity index (χ3v) is 5.06. The van der Waals surface area contributed by atoms with Crippen LogP contribution >= 0.6 is 0 Å². The number of carbonyl (C=O) groups is 1. The molecule has 2 rings (SSSR count). The molecule has 0 spiro atoms. The van der Waals surface area contributed by atoms with E-state index >= 15 is 0 Å². The monoisotopic (exact) mass is 404 g/mol. The summed E-state index contributed by atoms with van der Waals surface area (Å²) < 4.78 is 38.5. The fourth-order valence-corrected chi connectivity index (χ4v) is 3.47. The highest BCUT2D eigenvalue weighted by atomic mass is 32.2. The average Bonchev–Trinajstić information content (AvgIpc) is 2.67. The first-order valence-electron chi connectivity index (χ1n) is 8.72. The number of hydrogen-bond acceptors (Lipinski definition) is 5. The summed E-state index contributed by atoms with van der Waals surface area (Å²) in [6.45, 7) is 7.84. The van der Waals surface area contributed by atoms with Crippen molar-refractivity contribution in [2.45, 2.75) is 18.7 Å². The van der Waals surface area contributed by atoms with E-state index < -0.39 is 10.0 Å². The zero-order chi connectivity index (χ0) is 20.6. The van der Waals surface area contributed by atoms with Gasteiger partial charge >= 0.3 is 0 Å². The van der Waals surface area contributed by atoms with Crippen molar-refractivity contribution in [1.29, 1.82) is 0 Å². The van der Waals surface area contributed by atoms with Crippen LogP contribution in [-0.4, -0.2) is 34.1 Å². The number of aryl methyl sites for hydroxylation is 1. The van der Waals surface area contributed by atoms with E-state index in [4.69, 9.17) is 9.47 Å². The molecule has 0 bridgehead atoms. The van der Waals surface area contributed by atoms with Crippen molar-refractivity contribution >= 4 is 21.6 Å². The lowest BCUT2D eigenvalue weighted by Crippen LogP contribution is -2.28. The smallest absolute Gasteiger partial charge is 0.261 e. The zero-order valence-electron chi connectivity index (χ0n) is 15.9. The molecular weight excluding hydrogens is 380 g/mol. The summed E-state index contributed by atoms with van der Waals surface area (Å²) in [7, 11) is -3.76. The van der Waals surface area contributed by atoms with Gasteiger partial charge in [-0.2, -0.15) is 0 Å². The molecule has 0 saturated carbocycles. The molecule has 0 aliphatic heterocycles. The third kappa shape index (κ3) is 6.02. The quantitative estimate of drug-likeness (QED) is 0.594. The molecule has 150 valence electrons. The van der Waals surface area contributed by atoms with Gasteiger partial charge in [0.05, 0.1) is 11.5 Å². The Hall–Kier alpha value is -3.00. The van der Waals surface area contributed by atoms with E-state index in [-0.39, 0.29) is 17.4 Å². The lowest BCUT2D eigenvalue weighted by atomic mass is 10.2. The summed E-state index contributed by atoms with van der Waals surface area (Å²) in [4.78, 5) is 11.7. The maximum atomic E-state index is 12.6. The minimum absolute atomic E-state index is 0.0994. The van der Waals surface area contributed by atoms with Crippen molar-refractivity contribution in [2.75, 3.05) is 24.5 Å². The largest absolute Gasteiger partial charge is 0.494 e. The van der Waals surface area contributed by atoms with Gasteiger partial charge in [0.2, 0.25) is 0 Å². The van der Waals surface area contributed by atoms with Crippen LogP contribution in [0.5, 0.6) is 11.5 Å². The van der Waals surface area contributed by atoms with E-state index in [0.717, 1.165) is 0 Å². The average molecular weight is 404 g/mol. The topological polar surface area (TPSA) is 93.7 Å². The summed E-state index contributed by atoms with van der Waals surface area (Å²) >= 11 is 0. The second kappa shape index (κ2) is 9.80. The maximum absolute atomic E-state index is 12.6. The van der Waals surface area contributed by atoms with Crippen molar-refractivity contribution in [3.63, 3.8) is 0 Å². The van der Waals surface area contributed by atoms with Crippen LogP contribution < -0.4 is 19.5 Å². The summed E-state index contributed by atoms with van der Waals surface area (Å²) in [5, 5.41) is 2.60. The molecule has 2 aromatic rings. The lowest BCUT2D eigenvalue weighted by Gasteiger charge is -2.12. The van der Waals surface area contributed by atoms with E-state index in [0.29, 0.717) is 35.9 Å². The summed E-state index contributed by atoms with van der Waals surface area (Å²) in [6, 6.07) is 11.1. The van der Waals surface area contributed by atoms with Crippen molar-refractivity contribution in [3.05, 3.63) is 60.7 Å². The van der Waals surface area contributed by atoms with Crippen LogP contribution in [0.15, 0.2) is 60.0 Å². The van der Waals surface area contributed by atoms with Gasteiger partial charge in [-0.15, -0.1) is 6.58 Å². The Bertz CT molecular complexity index is 924. The molecule has 8 heteroatoms. The van der Waals surface area contributed by atoms with Crippen LogP contribution in [0.2, 0.25) is 0 Å². The van der Waals surface area contributed by atoms with Crippen molar-refractivity contribution in [3.8, 4) is 11.5 Å². The Labute approximate surface area is 165 Å². The first kappa shape index (κ1) is 21.3. The van der Waals surface area contributed by atoms with Crippen molar-refractivity contribution in [1.82, 2.24) is 5.32 Å². The summed E-state index contributed by atoms with van der Waals surface area (Å²) in [5.41, 5.74) is 1.03. The van der Waals surface area contributed by atoms with Crippen LogP contribution in [0.4, 0.5) is 5.69 Å². The minimum atomic E-state index is -3.76. The van der Waals surface area contributed by atoms with Crippen molar-refractivity contribution < 1.29 is 22.7 Å². The van der Waals surface area contributed by atoms with Crippen molar-refractivity contribution in [2.24, 2.45) is 0 Å². The number of anilines is 1. The van der Waals surface area contributed by atoms with Gasteiger partial charge in [0.15, 0.2) is 6.61 Å². The number of sulfonamides is 1. The molecule has 0 fully saturated rings. The molecule has 2 N–H and O–H groups in total. The van der Waals surface area contributed by atoms with E-state index in [1.165, 1.54) is 18.2 Å². The lowest BCUT2D eigenvalue weighted by molar-refractivity contribution is -0.122. The number of benzene rings is 2. The minimum Gasteiger partial charge on any atom is -0.494 e. The Kier molecular flexibility index (Phi) is 7.45. The van der Waals surface area contributed by atoms with Crippen LogP contribution in [0.1, 0.15) is 12.5 Å². The van der Waals surface area contributed by atoms with E-state index in [2.05, 4.69) is 16.6 Å². The Morgan fingerprint density at radius 1 is 1.14 bits per heavy atom. The molecular formula is C20H24N2O5S. The van der Waals surface area contributed by atoms with Gasteiger partial charge in [-0.25, -0.2) is 8.42 Å². The van der Waals surface area contributed by atoms with Gasteiger partial charge in [0.1, 0.15) is 11.5 Å². The van der Waals surface area contributed by atoms with Gasteiger partial charge in [-0.1, -0.05) is 6.08 Å². The SMILES string of the molecule is C=CCNC(=O)COc1ccc(S(=O)(=O)Nc2ccc(OCC)cc2)cc1C. The molecule has 0 atom stereocenters. The van der Waals surface area contributed by atoms with Crippen LogP contribution in [0.3, 0.4) is 0 Å². The number of hydrogen-bond donors (Lipinski definition) is 2. The predicted octanol–water partition coefficient (Wildman–Crippen LogP) is 2.88. The molecule has 0 saturated heterocycles. The first-order valence-corrected chi connectivity index (χ1v) is 10.2. The van der Waals surface area contributed by atoms with Crippen LogP contribution in [0.25, 0.3) is 0 Å². The van der Waals surface area contributed by atoms with Crippen LogP contribution in [-0.2, 0) is 14.8 Å². The molecule has 0 aliphatic carbocycles. The van der Waals surface area contributed by atoms with Gasteiger partial charge in [-0.3, -0.25) is 9.52 Å². The molecule has 0 aliphatic rings. The molecule has 0 radical (unpaired) electrons. The van der Waals surface area contributed by atoms with E-state index in [9.17, 15) is 13.2 Å². The standard InChI is InChI=1S/C20H24N2O5S/c1-4-12-21-20(23)14-27-19-11-10-18(13-15(19)3)28(24,25)22-16-6-8-17(9-7-16)26-5-2/h4,6-11,13,22H,1,5,12,14H2,2-3H3,(H,21,23). The first-order chi connectivity index (χ1) is 13.4. The normalized spacial score (nSPS) is 10.8. The number of carbonyl (C=O) groups excluding carboxylic acids is 1. The molecule has 2 aromatic carbocycles. The maximum Gasteiger partial charge on any atom is 0.261 e. The Morgan fingerprint density at radius 3 is 2.46 bits per heavy atom. The highest BCUT2D eigenvalue weighted by Gasteiger charge is 2.16. The van der Waals surface area contributed by atoms with E-state index in [1.54, 1.807) is 37.3 Å². The Morgan fingerprint density at radius 2 is 1.86 bits per heavy atom. The Balaban J connectivity index is 2.06. The molecule has 7 nitrogen and oxygen atoms in total. The molecule has 1 amide bonds. The highest BCUT2D eigenvalue weighted by Crippen LogP contribution is 2.24. The summed E-state index contributed by atoms with van der Waals surface area (Å²) in [6.07, 6.45) is 1.57. The fourth-order valence-electron chi connectivity index (χ4n) is 2.33. The predicted molar refractivity (Wildman–Crippen MR) is 108 cm³/mol.